The average Bonchev–Trinajstić information content (AvgIpc) is 2.64. The van der Waals surface area contributed by atoms with Crippen LogP contribution in [0.1, 0.15) is 65.2 Å². The fraction of sp³-hybridized carbons (Fsp3) is 0.929. The number of carbonyl (C=O) groups excluding carboxylic acids is 1. The van der Waals surface area contributed by atoms with Crippen LogP contribution < -0.4 is 5.32 Å². The van der Waals surface area contributed by atoms with Crippen LogP contribution in [0.15, 0.2) is 0 Å². The summed E-state index contributed by atoms with van der Waals surface area (Å²) in [5.74, 6) is 0.271. The van der Waals surface area contributed by atoms with Crippen molar-refractivity contribution < 1.29 is 4.79 Å². The summed E-state index contributed by atoms with van der Waals surface area (Å²) >= 11 is 0. The van der Waals surface area contributed by atoms with Crippen molar-refractivity contribution in [3.8, 4) is 0 Å². The Morgan fingerprint density at radius 3 is 2.24 bits per heavy atom. The molecule has 1 N–H and O–H groups in total. The van der Waals surface area contributed by atoms with Gasteiger partial charge in [0.15, 0.2) is 0 Å². The summed E-state index contributed by atoms with van der Waals surface area (Å²) in [7, 11) is 0. The molecule has 100 valence electrons. The highest BCUT2D eigenvalue weighted by molar-refractivity contribution is 5.83. The molecule has 1 unspecified atom stereocenters. The lowest BCUT2D eigenvalue weighted by Gasteiger charge is -2.14. The Bertz CT molecular complexity index is 218. The Labute approximate surface area is 106 Å². The summed E-state index contributed by atoms with van der Waals surface area (Å²) in [5.41, 5.74) is 0. The Morgan fingerprint density at radius 2 is 1.71 bits per heavy atom. The molecule has 1 aliphatic heterocycles. The van der Waals surface area contributed by atoms with Crippen molar-refractivity contribution in [2.45, 2.75) is 71.3 Å². The Hall–Kier alpha value is -0.570. The third-order valence-electron chi connectivity index (χ3n) is 3.55. The number of hydrogen-bond acceptors (Lipinski definition) is 2. The van der Waals surface area contributed by atoms with E-state index in [9.17, 15) is 4.79 Å². The molecule has 1 saturated heterocycles. The van der Waals surface area contributed by atoms with E-state index in [1.165, 1.54) is 44.9 Å². The standard InChI is InChI=1S/C14H28N2O/c1-3-4-5-6-7-8-9-10-11-16-12-15-13(2)14(16)17/h13,15H,3-12H2,1-2H3. The van der Waals surface area contributed by atoms with Crippen molar-refractivity contribution in [1.82, 2.24) is 10.2 Å². The zero-order chi connectivity index (χ0) is 12.5. The SMILES string of the molecule is CCCCCCCCCCN1CNC(C)C1=O. The highest BCUT2D eigenvalue weighted by Crippen LogP contribution is 2.10. The van der Waals surface area contributed by atoms with Crippen LogP contribution in [0.25, 0.3) is 0 Å². The monoisotopic (exact) mass is 240 g/mol. The molecule has 3 heteroatoms. The first kappa shape index (κ1) is 14.5. The van der Waals surface area contributed by atoms with Gasteiger partial charge in [0.1, 0.15) is 0 Å². The van der Waals surface area contributed by atoms with Gasteiger partial charge in [-0.05, 0) is 13.3 Å². The van der Waals surface area contributed by atoms with Crippen molar-refractivity contribution in [2.75, 3.05) is 13.2 Å². The molecule has 0 aromatic rings. The summed E-state index contributed by atoms with van der Waals surface area (Å²) in [6, 6.07) is 0.0315. The maximum absolute atomic E-state index is 11.6. The second-order valence-corrected chi connectivity index (χ2v) is 5.16. The largest absolute Gasteiger partial charge is 0.329 e. The molecule has 1 atom stereocenters. The maximum atomic E-state index is 11.6. The van der Waals surface area contributed by atoms with E-state index in [4.69, 9.17) is 0 Å². The number of rotatable bonds is 9. The molecule has 1 rings (SSSR count). The summed E-state index contributed by atoms with van der Waals surface area (Å²) in [6.07, 6.45) is 10.6. The average molecular weight is 240 g/mol. The number of unbranched alkanes of at least 4 members (excludes halogenated alkanes) is 7. The van der Waals surface area contributed by atoms with Gasteiger partial charge in [-0.15, -0.1) is 0 Å². The Morgan fingerprint density at radius 1 is 1.12 bits per heavy atom. The van der Waals surface area contributed by atoms with E-state index in [2.05, 4.69) is 12.2 Å². The van der Waals surface area contributed by atoms with Gasteiger partial charge in [-0.1, -0.05) is 51.9 Å². The number of hydrogen-bond donors (Lipinski definition) is 1. The van der Waals surface area contributed by atoms with E-state index in [0.717, 1.165) is 19.6 Å². The zero-order valence-corrected chi connectivity index (χ0v) is 11.5. The van der Waals surface area contributed by atoms with Crippen LogP contribution in [0.5, 0.6) is 0 Å². The summed E-state index contributed by atoms with van der Waals surface area (Å²) in [4.78, 5) is 13.6. The van der Waals surface area contributed by atoms with E-state index >= 15 is 0 Å². The summed E-state index contributed by atoms with van der Waals surface area (Å²) in [5, 5.41) is 3.17. The van der Waals surface area contributed by atoms with E-state index in [-0.39, 0.29) is 11.9 Å². The molecule has 0 saturated carbocycles. The van der Waals surface area contributed by atoms with E-state index in [0.29, 0.717) is 0 Å². The molecule has 0 radical (unpaired) electrons. The van der Waals surface area contributed by atoms with Gasteiger partial charge in [-0.2, -0.15) is 0 Å². The molecular formula is C14H28N2O. The van der Waals surface area contributed by atoms with Crippen molar-refractivity contribution in [2.24, 2.45) is 0 Å². The van der Waals surface area contributed by atoms with Gasteiger partial charge in [0.25, 0.3) is 0 Å². The van der Waals surface area contributed by atoms with Gasteiger partial charge < -0.3 is 4.90 Å². The van der Waals surface area contributed by atoms with E-state index in [1.807, 2.05) is 11.8 Å². The molecule has 0 aliphatic carbocycles. The zero-order valence-electron chi connectivity index (χ0n) is 11.5. The fourth-order valence-electron chi connectivity index (χ4n) is 2.31. The van der Waals surface area contributed by atoms with E-state index in [1.54, 1.807) is 0 Å². The van der Waals surface area contributed by atoms with Gasteiger partial charge in [0.2, 0.25) is 5.91 Å². The van der Waals surface area contributed by atoms with Crippen LogP contribution in [0.4, 0.5) is 0 Å². The molecule has 0 aromatic heterocycles. The highest BCUT2D eigenvalue weighted by Gasteiger charge is 2.26. The second-order valence-electron chi connectivity index (χ2n) is 5.16. The minimum absolute atomic E-state index is 0.0315. The summed E-state index contributed by atoms with van der Waals surface area (Å²) in [6.45, 7) is 5.87. The number of carbonyl (C=O) groups is 1. The second kappa shape index (κ2) is 8.51. The van der Waals surface area contributed by atoms with Gasteiger partial charge >= 0.3 is 0 Å². The Kier molecular flexibility index (Phi) is 7.25. The molecular weight excluding hydrogens is 212 g/mol. The lowest BCUT2D eigenvalue weighted by Crippen LogP contribution is -2.29. The topological polar surface area (TPSA) is 32.3 Å². The predicted molar refractivity (Wildman–Crippen MR) is 71.8 cm³/mol. The predicted octanol–water partition coefficient (Wildman–Crippen LogP) is 2.90. The van der Waals surface area contributed by atoms with Crippen molar-refractivity contribution in [3.05, 3.63) is 0 Å². The van der Waals surface area contributed by atoms with Crippen molar-refractivity contribution in [1.29, 1.82) is 0 Å². The summed E-state index contributed by atoms with van der Waals surface area (Å²) < 4.78 is 0. The molecule has 17 heavy (non-hydrogen) atoms. The molecule has 1 amide bonds. The Balaban J connectivity index is 1.89. The lowest BCUT2D eigenvalue weighted by molar-refractivity contribution is -0.128. The molecule has 0 aromatic carbocycles. The third kappa shape index (κ3) is 5.53. The molecule has 1 fully saturated rings. The van der Waals surface area contributed by atoms with Crippen LogP contribution in [0, 0.1) is 0 Å². The van der Waals surface area contributed by atoms with Crippen molar-refractivity contribution >= 4 is 5.91 Å². The van der Waals surface area contributed by atoms with Crippen LogP contribution in [-0.2, 0) is 4.79 Å². The van der Waals surface area contributed by atoms with E-state index < -0.39 is 0 Å². The van der Waals surface area contributed by atoms with Gasteiger partial charge in [-0.25, -0.2) is 0 Å². The van der Waals surface area contributed by atoms with Crippen LogP contribution in [0.3, 0.4) is 0 Å². The molecule has 0 spiro atoms. The first-order valence-corrected chi connectivity index (χ1v) is 7.28. The third-order valence-corrected chi connectivity index (χ3v) is 3.55. The van der Waals surface area contributed by atoms with Gasteiger partial charge in [-0.3, -0.25) is 10.1 Å². The van der Waals surface area contributed by atoms with Crippen molar-refractivity contribution in [3.63, 3.8) is 0 Å². The smallest absolute Gasteiger partial charge is 0.240 e. The molecule has 0 bridgehead atoms. The fourth-order valence-corrected chi connectivity index (χ4v) is 2.31. The first-order chi connectivity index (χ1) is 8.25. The van der Waals surface area contributed by atoms with Gasteiger partial charge in [0.05, 0.1) is 12.7 Å². The number of amides is 1. The normalized spacial score (nSPS) is 20.2. The minimum Gasteiger partial charge on any atom is -0.329 e. The minimum atomic E-state index is 0.0315. The molecule has 1 aliphatic rings. The number of nitrogens with zero attached hydrogens (tertiary/aromatic N) is 1. The molecule has 1 heterocycles. The molecule has 3 nitrogen and oxygen atoms in total. The quantitative estimate of drug-likeness (QED) is 0.628. The highest BCUT2D eigenvalue weighted by atomic mass is 16.2. The van der Waals surface area contributed by atoms with Crippen LogP contribution in [-0.4, -0.2) is 30.1 Å². The lowest BCUT2D eigenvalue weighted by atomic mass is 10.1. The first-order valence-electron chi connectivity index (χ1n) is 7.28. The van der Waals surface area contributed by atoms with Crippen LogP contribution in [0.2, 0.25) is 0 Å². The van der Waals surface area contributed by atoms with Gasteiger partial charge in [0, 0.05) is 6.54 Å². The van der Waals surface area contributed by atoms with Crippen LogP contribution >= 0.6 is 0 Å². The maximum Gasteiger partial charge on any atom is 0.240 e. The number of nitrogens with one attached hydrogen (secondary N) is 1.